The van der Waals surface area contributed by atoms with Gasteiger partial charge in [0.1, 0.15) is 0 Å². The maximum atomic E-state index is 13.1. The van der Waals surface area contributed by atoms with Gasteiger partial charge in [-0.1, -0.05) is 23.7 Å². The Balaban J connectivity index is 2.82. The first-order valence-electron chi connectivity index (χ1n) is 4.43. The molecule has 1 rings (SSSR count). The summed E-state index contributed by atoms with van der Waals surface area (Å²) in [7, 11) is 0. The Kier molecular flexibility index (Phi) is 4.31. The van der Waals surface area contributed by atoms with Gasteiger partial charge in [-0.15, -0.1) is 0 Å². The van der Waals surface area contributed by atoms with Crippen molar-refractivity contribution in [2.75, 3.05) is 6.61 Å². The average molecular weight is 229 g/mol. The van der Waals surface area contributed by atoms with Gasteiger partial charge in [-0.05, 0) is 30.7 Å². The molecule has 15 heavy (non-hydrogen) atoms. The lowest BCUT2D eigenvalue weighted by molar-refractivity contribution is -0.140. The molecule has 0 radical (unpaired) electrons. The highest BCUT2D eigenvalue weighted by Crippen LogP contribution is 2.14. The van der Waals surface area contributed by atoms with Gasteiger partial charge in [0.05, 0.1) is 6.61 Å². The number of hydrogen-bond acceptors (Lipinski definition) is 2. The second-order valence-corrected chi connectivity index (χ2v) is 3.20. The number of hydrogen-bond donors (Lipinski definition) is 0. The monoisotopic (exact) mass is 228 g/mol. The van der Waals surface area contributed by atoms with Crippen LogP contribution < -0.4 is 0 Å². The molecule has 0 N–H and O–H groups in total. The summed E-state index contributed by atoms with van der Waals surface area (Å²) in [5.74, 6) is -1.89. The van der Waals surface area contributed by atoms with Crippen molar-refractivity contribution in [1.29, 1.82) is 0 Å². The topological polar surface area (TPSA) is 26.3 Å². The third kappa shape index (κ3) is 3.72. The molecule has 0 aliphatic carbocycles. The predicted octanol–water partition coefficient (Wildman–Crippen LogP) is 3.21. The van der Waals surface area contributed by atoms with Crippen LogP contribution in [0.5, 0.6) is 0 Å². The van der Waals surface area contributed by atoms with Crippen LogP contribution in [0.3, 0.4) is 0 Å². The van der Waals surface area contributed by atoms with Gasteiger partial charge in [0.25, 0.3) is 0 Å². The van der Waals surface area contributed by atoms with Gasteiger partial charge in [-0.25, -0.2) is 4.79 Å². The minimum absolute atomic E-state index is 0.148. The molecule has 0 saturated carbocycles. The Bertz CT molecular complexity index is 388. The van der Waals surface area contributed by atoms with Gasteiger partial charge in [0, 0.05) is 5.02 Å². The maximum absolute atomic E-state index is 13.1. The Morgan fingerprint density at radius 2 is 2.33 bits per heavy atom. The quantitative estimate of drug-likeness (QED) is 0.587. The smallest absolute Gasteiger partial charge is 0.367 e. The summed E-state index contributed by atoms with van der Waals surface area (Å²) in [5, 5.41) is 0.486. The summed E-state index contributed by atoms with van der Waals surface area (Å²) in [6.07, 6.45) is 1.09. The van der Waals surface area contributed by atoms with E-state index in [0.29, 0.717) is 10.6 Å². The van der Waals surface area contributed by atoms with E-state index in [1.165, 1.54) is 0 Å². The standard InChI is InChI=1S/C11H10ClFO2/c1-2-15-11(14)10(13)7-8-4-3-5-9(12)6-8/h3-7H,2H2,1H3/b10-7-. The Labute approximate surface area is 92.3 Å². The van der Waals surface area contributed by atoms with Crippen molar-refractivity contribution in [3.8, 4) is 0 Å². The van der Waals surface area contributed by atoms with Crippen molar-refractivity contribution in [2.45, 2.75) is 6.92 Å². The molecule has 2 nitrogen and oxygen atoms in total. The number of benzene rings is 1. The molecule has 80 valence electrons. The molecule has 0 fully saturated rings. The van der Waals surface area contributed by atoms with Crippen molar-refractivity contribution in [1.82, 2.24) is 0 Å². The van der Waals surface area contributed by atoms with E-state index in [4.69, 9.17) is 11.6 Å². The molecule has 0 heterocycles. The number of esters is 1. The molecular formula is C11H10ClFO2. The van der Waals surface area contributed by atoms with Gasteiger partial charge >= 0.3 is 5.97 Å². The van der Waals surface area contributed by atoms with E-state index in [2.05, 4.69) is 4.74 Å². The zero-order valence-corrected chi connectivity index (χ0v) is 8.92. The maximum Gasteiger partial charge on any atom is 0.367 e. The van der Waals surface area contributed by atoms with Crippen LogP contribution in [0.4, 0.5) is 4.39 Å². The minimum Gasteiger partial charge on any atom is -0.461 e. The van der Waals surface area contributed by atoms with Gasteiger partial charge in [0.2, 0.25) is 5.83 Å². The second-order valence-electron chi connectivity index (χ2n) is 2.77. The first-order valence-corrected chi connectivity index (χ1v) is 4.81. The van der Waals surface area contributed by atoms with E-state index in [0.717, 1.165) is 6.08 Å². The third-order valence-corrected chi connectivity index (χ3v) is 1.85. The number of halogens is 2. The summed E-state index contributed by atoms with van der Waals surface area (Å²) < 4.78 is 17.6. The van der Waals surface area contributed by atoms with Crippen LogP contribution in [0.1, 0.15) is 12.5 Å². The fourth-order valence-electron chi connectivity index (χ4n) is 1.00. The average Bonchev–Trinajstić information content (AvgIpc) is 2.18. The lowest BCUT2D eigenvalue weighted by atomic mass is 10.2. The fraction of sp³-hybridized carbons (Fsp3) is 0.182. The molecule has 0 atom stereocenters. The molecule has 0 unspecified atom stereocenters. The van der Waals surface area contributed by atoms with Crippen molar-refractivity contribution >= 4 is 23.6 Å². The van der Waals surface area contributed by atoms with Crippen LogP contribution in [0, 0.1) is 0 Å². The van der Waals surface area contributed by atoms with Crippen LogP contribution in [0.25, 0.3) is 6.08 Å². The Hall–Kier alpha value is -1.35. The lowest BCUT2D eigenvalue weighted by Crippen LogP contribution is -2.03. The summed E-state index contributed by atoms with van der Waals surface area (Å²) in [6, 6.07) is 6.54. The molecule has 1 aromatic carbocycles. The van der Waals surface area contributed by atoms with E-state index in [1.54, 1.807) is 31.2 Å². The van der Waals surface area contributed by atoms with Crippen LogP contribution in [-0.4, -0.2) is 12.6 Å². The Morgan fingerprint density at radius 1 is 1.60 bits per heavy atom. The number of rotatable bonds is 3. The SMILES string of the molecule is CCOC(=O)/C(F)=C/c1cccc(Cl)c1. The predicted molar refractivity (Wildman–Crippen MR) is 57.2 cm³/mol. The van der Waals surface area contributed by atoms with Crippen LogP contribution >= 0.6 is 11.6 Å². The Morgan fingerprint density at radius 3 is 2.93 bits per heavy atom. The van der Waals surface area contributed by atoms with Crippen molar-refractivity contribution in [3.05, 3.63) is 40.7 Å². The summed E-state index contributed by atoms with van der Waals surface area (Å²) in [5.41, 5.74) is 0.521. The van der Waals surface area contributed by atoms with E-state index >= 15 is 0 Å². The van der Waals surface area contributed by atoms with Gasteiger partial charge in [-0.2, -0.15) is 4.39 Å². The molecule has 1 aromatic rings. The van der Waals surface area contributed by atoms with E-state index in [-0.39, 0.29) is 6.61 Å². The largest absolute Gasteiger partial charge is 0.461 e. The molecule has 0 spiro atoms. The number of ether oxygens (including phenoxy) is 1. The van der Waals surface area contributed by atoms with Crippen molar-refractivity contribution in [2.24, 2.45) is 0 Å². The normalized spacial score (nSPS) is 11.3. The van der Waals surface area contributed by atoms with E-state index < -0.39 is 11.8 Å². The summed E-state index contributed by atoms with van der Waals surface area (Å²) in [4.78, 5) is 10.9. The second kappa shape index (κ2) is 5.51. The molecule has 0 bridgehead atoms. The van der Waals surface area contributed by atoms with Crippen molar-refractivity contribution < 1.29 is 13.9 Å². The van der Waals surface area contributed by atoms with Crippen molar-refractivity contribution in [3.63, 3.8) is 0 Å². The molecule has 0 aliphatic heterocycles. The van der Waals surface area contributed by atoms with Crippen LogP contribution in [0.15, 0.2) is 30.1 Å². The minimum atomic E-state index is -0.961. The van der Waals surface area contributed by atoms with Crippen LogP contribution in [0.2, 0.25) is 5.02 Å². The molecular weight excluding hydrogens is 219 g/mol. The molecule has 4 heteroatoms. The highest BCUT2D eigenvalue weighted by atomic mass is 35.5. The van der Waals surface area contributed by atoms with E-state index in [9.17, 15) is 9.18 Å². The number of carbonyl (C=O) groups is 1. The summed E-state index contributed by atoms with van der Waals surface area (Å²) in [6.45, 7) is 1.76. The molecule has 0 aliphatic rings. The number of carbonyl (C=O) groups excluding carboxylic acids is 1. The highest BCUT2D eigenvalue weighted by molar-refractivity contribution is 6.30. The first kappa shape index (κ1) is 11.7. The third-order valence-electron chi connectivity index (χ3n) is 1.61. The zero-order valence-electron chi connectivity index (χ0n) is 8.17. The van der Waals surface area contributed by atoms with E-state index in [1.807, 2.05) is 0 Å². The van der Waals surface area contributed by atoms with Gasteiger partial charge in [-0.3, -0.25) is 0 Å². The zero-order chi connectivity index (χ0) is 11.3. The van der Waals surface area contributed by atoms with Gasteiger partial charge < -0.3 is 4.74 Å². The van der Waals surface area contributed by atoms with Gasteiger partial charge in [0.15, 0.2) is 0 Å². The highest BCUT2D eigenvalue weighted by Gasteiger charge is 2.08. The van der Waals surface area contributed by atoms with Crippen LogP contribution in [-0.2, 0) is 9.53 Å². The summed E-state index contributed by atoms with van der Waals surface area (Å²) >= 11 is 5.70. The molecule has 0 amide bonds. The lowest BCUT2D eigenvalue weighted by Gasteiger charge is -1.98. The molecule has 0 aromatic heterocycles. The fourth-order valence-corrected chi connectivity index (χ4v) is 1.20. The molecule has 0 saturated heterocycles. The first-order chi connectivity index (χ1) is 7.13.